The first-order chi connectivity index (χ1) is 9.22. The molecule has 0 spiro atoms. The molecule has 4 nitrogen and oxygen atoms in total. The zero-order valence-corrected chi connectivity index (χ0v) is 10.9. The average molecular weight is 255 g/mol. The third-order valence-corrected chi connectivity index (χ3v) is 3.04. The summed E-state index contributed by atoms with van der Waals surface area (Å²) in [7, 11) is 1.87. The summed E-state index contributed by atoms with van der Waals surface area (Å²) in [6, 6.07) is 11.9. The number of benzene rings is 1. The van der Waals surface area contributed by atoms with Crippen molar-refractivity contribution in [2.24, 2.45) is 7.05 Å². The lowest BCUT2D eigenvalue weighted by Gasteiger charge is -2.04. The van der Waals surface area contributed by atoms with Crippen LogP contribution in [0.15, 0.2) is 36.5 Å². The van der Waals surface area contributed by atoms with Crippen LogP contribution in [-0.4, -0.2) is 9.67 Å². The summed E-state index contributed by atoms with van der Waals surface area (Å²) < 4.78 is 1.83. The zero-order chi connectivity index (χ0) is 13.7. The second-order valence-electron chi connectivity index (χ2n) is 4.53. The number of aliphatic hydroxyl groups is 1. The minimum Gasteiger partial charge on any atom is -0.392 e. The zero-order valence-electron chi connectivity index (χ0n) is 10.9. The lowest BCUT2D eigenvalue weighted by atomic mass is 10.1. The molecule has 0 aliphatic heterocycles. The lowest BCUT2D eigenvalue weighted by Crippen LogP contribution is -2.12. The summed E-state index contributed by atoms with van der Waals surface area (Å²) in [6.45, 7) is 1.58. The Morgan fingerprint density at radius 1 is 1.16 bits per heavy atom. The maximum atomic E-state index is 8.96. The van der Waals surface area contributed by atoms with Gasteiger partial charge in [0, 0.05) is 26.3 Å². The molecule has 0 saturated carbocycles. The van der Waals surface area contributed by atoms with Gasteiger partial charge in [-0.25, -0.2) is 0 Å². The Morgan fingerprint density at radius 3 is 2.37 bits per heavy atom. The van der Waals surface area contributed by atoms with Crippen LogP contribution in [-0.2, 0) is 26.7 Å². The van der Waals surface area contributed by atoms with Crippen molar-refractivity contribution in [1.29, 1.82) is 5.26 Å². The monoisotopic (exact) mass is 255 g/mol. The van der Waals surface area contributed by atoms with Crippen molar-refractivity contribution in [1.82, 2.24) is 9.88 Å². The fraction of sp³-hybridized carbons (Fsp3) is 0.267. The molecule has 2 rings (SSSR count). The molecule has 4 heteroatoms. The number of nitrogens with zero attached hydrogens (tertiary/aromatic N) is 2. The third-order valence-electron chi connectivity index (χ3n) is 3.04. The summed E-state index contributed by atoms with van der Waals surface area (Å²) >= 11 is 0. The van der Waals surface area contributed by atoms with Crippen molar-refractivity contribution < 1.29 is 5.11 Å². The summed E-state index contributed by atoms with van der Waals surface area (Å²) in [5, 5.41) is 21.2. The van der Waals surface area contributed by atoms with E-state index >= 15 is 0 Å². The Morgan fingerprint density at radius 2 is 1.79 bits per heavy atom. The van der Waals surface area contributed by atoms with Crippen LogP contribution >= 0.6 is 0 Å². The van der Waals surface area contributed by atoms with Crippen LogP contribution in [0.2, 0.25) is 0 Å². The van der Waals surface area contributed by atoms with Gasteiger partial charge >= 0.3 is 0 Å². The van der Waals surface area contributed by atoms with Crippen LogP contribution in [0.3, 0.4) is 0 Å². The van der Waals surface area contributed by atoms with E-state index in [1.165, 1.54) is 5.56 Å². The fourth-order valence-corrected chi connectivity index (χ4v) is 1.95. The largest absolute Gasteiger partial charge is 0.392 e. The number of hydrogen-bond acceptors (Lipinski definition) is 3. The van der Waals surface area contributed by atoms with Crippen molar-refractivity contribution in [2.75, 3.05) is 0 Å². The van der Waals surface area contributed by atoms with Gasteiger partial charge in [-0.15, -0.1) is 0 Å². The van der Waals surface area contributed by atoms with Gasteiger partial charge in [0.1, 0.15) is 11.8 Å². The molecular formula is C15H17N3O. The molecule has 2 aromatic rings. The van der Waals surface area contributed by atoms with Crippen molar-refractivity contribution in [3.8, 4) is 6.07 Å². The second-order valence-corrected chi connectivity index (χ2v) is 4.53. The molecule has 1 aromatic carbocycles. The predicted molar refractivity (Wildman–Crippen MR) is 73.0 cm³/mol. The molecule has 0 unspecified atom stereocenters. The molecule has 2 N–H and O–H groups in total. The Hall–Kier alpha value is -2.09. The van der Waals surface area contributed by atoms with E-state index < -0.39 is 0 Å². The number of aliphatic hydroxyl groups excluding tert-OH is 1. The summed E-state index contributed by atoms with van der Waals surface area (Å²) in [5.41, 5.74) is 3.87. The fourth-order valence-electron chi connectivity index (χ4n) is 1.95. The molecule has 19 heavy (non-hydrogen) atoms. The van der Waals surface area contributed by atoms with Crippen molar-refractivity contribution in [2.45, 2.75) is 19.7 Å². The van der Waals surface area contributed by atoms with Crippen LogP contribution in [0.5, 0.6) is 0 Å². The number of nitrogens with one attached hydrogen (secondary N) is 1. The van der Waals surface area contributed by atoms with E-state index in [4.69, 9.17) is 10.4 Å². The Labute approximate surface area is 112 Å². The van der Waals surface area contributed by atoms with Gasteiger partial charge in [0.15, 0.2) is 0 Å². The normalized spacial score (nSPS) is 10.4. The smallest absolute Gasteiger partial charge is 0.120 e. The third kappa shape index (κ3) is 3.44. The van der Waals surface area contributed by atoms with E-state index in [0.29, 0.717) is 5.69 Å². The van der Waals surface area contributed by atoms with Crippen molar-refractivity contribution in [3.05, 3.63) is 58.9 Å². The highest BCUT2D eigenvalue weighted by molar-refractivity contribution is 5.28. The van der Waals surface area contributed by atoms with Crippen molar-refractivity contribution >= 4 is 0 Å². The minimum atomic E-state index is 0.0780. The average Bonchev–Trinajstić information content (AvgIpc) is 2.80. The highest BCUT2D eigenvalue weighted by atomic mass is 16.3. The molecule has 1 heterocycles. The van der Waals surface area contributed by atoms with Crippen LogP contribution in [0.1, 0.15) is 22.4 Å². The van der Waals surface area contributed by atoms with Gasteiger partial charge in [-0.2, -0.15) is 5.26 Å². The molecular weight excluding hydrogens is 238 g/mol. The maximum absolute atomic E-state index is 8.96. The maximum Gasteiger partial charge on any atom is 0.120 e. The van der Waals surface area contributed by atoms with Crippen molar-refractivity contribution in [3.63, 3.8) is 0 Å². The molecule has 0 atom stereocenters. The van der Waals surface area contributed by atoms with Gasteiger partial charge in [0.25, 0.3) is 0 Å². The highest BCUT2D eigenvalue weighted by Crippen LogP contribution is 2.07. The number of nitriles is 1. The van der Waals surface area contributed by atoms with E-state index in [2.05, 4.69) is 11.4 Å². The molecule has 0 bridgehead atoms. The summed E-state index contributed by atoms with van der Waals surface area (Å²) in [6.07, 6.45) is 1.96. The highest BCUT2D eigenvalue weighted by Gasteiger charge is 2.01. The van der Waals surface area contributed by atoms with Crippen LogP contribution < -0.4 is 5.32 Å². The standard InChI is InChI=1S/C15H17N3O/c1-18-10-14(6-15(18)7-16)9-17-8-12-2-4-13(11-19)5-3-12/h2-6,10,17,19H,8-9,11H2,1H3. The molecule has 0 aliphatic rings. The van der Waals surface area contributed by atoms with E-state index in [1.807, 2.05) is 48.1 Å². The van der Waals surface area contributed by atoms with Gasteiger partial charge in [-0.1, -0.05) is 24.3 Å². The molecule has 0 aliphatic carbocycles. The summed E-state index contributed by atoms with van der Waals surface area (Å²) in [5.74, 6) is 0. The van der Waals surface area contributed by atoms with E-state index in [0.717, 1.165) is 24.2 Å². The molecule has 0 saturated heterocycles. The number of aromatic nitrogens is 1. The Bertz CT molecular complexity index is 578. The lowest BCUT2D eigenvalue weighted by molar-refractivity contribution is 0.282. The number of aryl methyl sites for hydroxylation is 1. The summed E-state index contributed by atoms with van der Waals surface area (Å²) in [4.78, 5) is 0. The second kappa shape index (κ2) is 6.19. The first kappa shape index (κ1) is 13.3. The molecule has 1 aromatic heterocycles. The molecule has 98 valence electrons. The van der Waals surface area contributed by atoms with Gasteiger partial charge in [-0.3, -0.25) is 0 Å². The topological polar surface area (TPSA) is 61.0 Å². The Balaban J connectivity index is 1.87. The van der Waals surface area contributed by atoms with Crippen LogP contribution in [0.4, 0.5) is 0 Å². The first-order valence-corrected chi connectivity index (χ1v) is 6.17. The molecule has 0 amide bonds. The number of rotatable bonds is 5. The van der Waals surface area contributed by atoms with Gasteiger partial charge in [0.2, 0.25) is 0 Å². The SMILES string of the molecule is Cn1cc(CNCc2ccc(CO)cc2)cc1C#N. The van der Waals surface area contributed by atoms with Crippen LogP contribution in [0, 0.1) is 11.3 Å². The van der Waals surface area contributed by atoms with E-state index in [-0.39, 0.29) is 6.61 Å². The number of hydrogen-bond donors (Lipinski definition) is 2. The quantitative estimate of drug-likeness (QED) is 0.854. The van der Waals surface area contributed by atoms with Gasteiger partial charge < -0.3 is 15.0 Å². The van der Waals surface area contributed by atoms with E-state index in [9.17, 15) is 0 Å². The van der Waals surface area contributed by atoms with Gasteiger partial charge in [-0.05, 0) is 22.8 Å². The first-order valence-electron chi connectivity index (χ1n) is 6.17. The minimum absolute atomic E-state index is 0.0780. The molecule has 0 radical (unpaired) electrons. The van der Waals surface area contributed by atoms with E-state index in [1.54, 1.807) is 0 Å². The Kier molecular flexibility index (Phi) is 4.35. The molecule has 0 fully saturated rings. The van der Waals surface area contributed by atoms with Crippen LogP contribution in [0.25, 0.3) is 0 Å². The van der Waals surface area contributed by atoms with Gasteiger partial charge in [0.05, 0.1) is 6.61 Å². The predicted octanol–water partition coefficient (Wildman–Crippen LogP) is 1.68.